The number of aromatic nitrogens is 2. The standard InChI is InChI=1S/C21H23N3O2S2/c1-14-4-8-16(9-5-14)18(25)19(17-10-6-15(2)7-11-17)27-21-24-23-20(28-21)22-12-13-26-3/h4-11,19H,12-13H2,1-3H3,(H,22,23)/t19-/m0/s1. The summed E-state index contributed by atoms with van der Waals surface area (Å²) in [5.74, 6) is 0.0675. The molecule has 0 spiro atoms. The molecule has 7 heteroatoms. The van der Waals surface area contributed by atoms with Gasteiger partial charge in [-0.05, 0) is 19.4 Å². The fourth-order valence-electron chi connectivity index (χ4n) is 2.57. The quantitative estimate of drug-likeness (QED) is 0.305. The van der Waals surface area contributed by atoms with E-state index in [2.05, 4.69) is 15.5 Å². The lowest BCUT2D eigenvalue weighted by atomic mass is 10.0. The van der Waals surface area contributed by atoms with Gasteiger partial charge in [0.05, 0.1) is 11.9 Å². The maximum atomic E-state index is 13.3. The lowest BCUT2D eigenvalue weighted by Crippen LogP contribution is -2.10. The molecule has 3 rings (SSSR count). The van der Waals surface area contributed by atoms with Crippen LogP contribution in [-0.4, -0.2) is 36.2 Å². The summed E-state index contributed by atoms with van der Waals surface area (Å²) in [5.41, 5.74) is 3.96. The number of aryl methyl sites for hydroxylation is 2. The molecule has 0 saturated carbocycles. The Balaban J connectivity index is 1.83. The third-order valence-electron chi connectivity index (χ3n) is 4.16. The predicted molar refractivity (Wildman–Crippen MR) is 116 cm³/mol. The van der Waals surface area contributed by atoms with E-state index in [0.717, 1.165) is 26.2 Å². The van der Waals surface area contributed by atoms with Crippen molar-refractivity contribution in [2.75, 3.05) is 25.6 Å². The summed E-state index contributed by atoms with van der Waals surface area (Å²) < 4.78 is 5.79. The maximum Gasteiger partial charge on any atom is 0.206 e. The van der Waals surface area contributed by atoms with Gasteiger partial charge in [-0.1, -0.05) is 82.8 Å². The Kier molecular flexibility index (Phi) is 7.19. The van der Waals surface area contributed by atoms with Crippen LogP contribution in [0.15, 0.2) is 52.9 Å². The number of ketones is 1. The molecular formula is C21H23N3O2S2. The summed E-state index contributed by atoms with van der Waals surface area (Å²) >= 11 is 2.89. The Morgan fingerprint density at radius 2 is 1.71 bits per heavy atom. The lowest BCUT2D eigenvalue weighted by molar-refractivity contribution is 0.0989. The summed E-state index contributed by atoms with van der Waals surface area (Å²) in [6.07, 6.45) is 0. The molecule has 1 aromatic heterocycles. The monoisotopic (exact) mass is 413 g/mol. The van der Waals surface area contributed by atoms with Crippen molar-refractivity contribution < 1.29 is 9.53 Å². The van der Waals surface area contributed by atoms with Crippen molar-refractivity contribution in [3.05, 3.63) is 70.8 Å². The number of nitrogens with one attached hydrogen (secondary N) is 1. The largest absolute Gasteiger partial charge is 0.383 e. The van der Waals surface area contributed by atoms with Crippen LogP contribution in [0.3, 0.4) is 0 Å². The first kappa shape index (κ1) is 20.5. The third kappa shape index (κ3) is 5.41. The fraction of sp³-hybridized carbons (Fsp3) is 0.286. The van der Waals surface area contributed by atoms with Gasteiger partial charge in [0.1, 0.15) is 0 Å². The molecule has 0 radical (unpaired) electrons. The predicted octanol–water partition coefficient (Wildman–Crippen LogP) is 4.93. The summed E-state index contributed by atoms with van der Waals surface area (Å²) in [4.78, 5) is 13.3. The molecule has 1 atom stereocenters. The Morgan fingerprint density at radius 1 is 1.07 bits per heavy atom. The van der Waals surface area contributed by atoms with Gasteiger partial charge in [0.2, 0.25) is 5.13 Å². The molecule has 0 amide bonds. The van der Waals surface area contributed by atoms with Crippen LogP contribution in [0.2, 0.25) is 0 Å². The first-order chi connectivity index (χ1) is 13.6. The number of nitrogens with zero attached hydrogens (tertiary/aromatic N) is 2. The van der Waals surface area contributed by atoms with E-state index < -0.39 is 0 Å². The number of ether oxygens (including phenoxy) is 1. The van der Waals surface area contributed by atoms with Crippen LogP contribution in [0.1, 0.15) is 32.3 Å². The van der Waals surface area contributed by atoms with Gasteiger partial charge >= 0.3 is 0 Å². The molecule has 1 N–H and O–H groups in total. The normalized spacial score (nSPS) is 12.0. The van der Waals surface area contributed by atoms with Crippen molar-refractivity contribution in [2.24, 2.45) is 0 Å². The first-order valence-corrected chi connectivity index (χ1v) is 10.7. The maximum absolute atomic E-state index is 13.3. The minimum Gasteiger partial charge on any atom is -0.383 e. The molecule has 0 aliphatic heterocycles. The molecule has 0 saturated heterocycles. The zero-order valence-electron chi connectivity index (χ0n) is 16.1. The zero-order valence-corrected chi connectivity index (χ0v) is 17.8. The van der Waals surface area contributed by atoms with Gasteiger partial charge in [-0.25, -0.2) is 0 Å². The Morgan fingerprint density at radius 3 is 2.36 bits per heavy atom. The molecule has 28 heavy (non-hydrogen) atoms. The summed E-state index contributed by atoms with van der Waals surface area (Å²) in [5, 5.41) is 11.9. The summed E-state index contributed by atoms with van der Waals surface area (Å²) in [7, 11) is 1.66. The number of carbonyl (C=O) groups is 1. The Labute approximate surface area is 173 Å². The van der Waals surface area contributed by atoms with Crippen molar-refractivity contribution in [1.82, 2.24) is 10.2 Å². The second-order valence-electron chi connectivity index (χ2n) is 6.43. The number of benzene rings is 2. The van der Waals surface area contributed by atoms with E-state index in [1.807, 2.05) is 62.4 Å². The minimum absolute atomic E-state index is 0.0675. The van der Waals surface area contributed by atoms with Crippen LogP contribution >= 0.6 is 23.1 Å². The van der Waals surface area contributed by atoms with Gasteiger partial charge in [-0.2, -0.15) is 0 Å². The van der Waals surface area contributed by atoms with Gasteiger partial charge in [0.25, 0.3) is 0 Å². The van der Waals surface area contributed by atoms with Crippen molar-refractivity contribution >= 4 is 34.0 Å². The molecule has 0 aliphatic carbocycles. The van der Waals surface area contributed by atoms with E-state index in [0.29, 0.717) is 18.7 Å². The highest BCUT2D eigenvalue weighted by Crippen LogP contribution is 2.40. The molecule has 2 aromatic carbocycles. The number of methoxy groups -OCH3 is 1. The van der Waals surface area contributed by atoms with E-state index in [4.69, 9.17) is 4.74 Å². The third-order valence-corrected chi connectivity index (χ3v) is 6.38. The minimum atomic E-state index is -0.372. The highest BCUT2D eigenvalue weighted by Gasteiger charge is 2.25. The number of hydrogen-bond acceptors (Lipinski definition) is 7. The van der Waals surface area contributed by atoms with Crippen LogP contribution in [0.5, 0.6) is 0 Å². The lowest BCUT2D eigenvalue weighted by Gasteiger charge is -2.15. The van der Waals surface area contributed by atoms with E-state index in [1.165, 1.54) is 23.1 Å². The SMILES string of the molecule is COCCNc1nnc(S[C@H](C(=O)c2ccc(C)cc2)c2ccc(C)cc2)s1. The Hall–Kier alpha value is -2.22. The average Bonchev–Trinajstić information content (AvgIpc) is 3.15. The van der Waals surface area contributed by atoms with Crippen molar-refractivity contribution in [2.45, 2.75) is 23.4 Å². The van der Waals surface area contributed by atoms with Crippen LogP contribution in [0.4, 0.5) is 5.13 Å². The van der Waals surface area contributed by atoms with E-state index in [1.54, 1.807) is 7.11 Å². The van der Waals surface area contributed by atoms with Gasteiger partial charge in [-0.15, -0.1) is 10.2 Å². The number of rotatable bonds is 9. The van der Waals surface area contributed by atoms with Crippen molar-refractivity contribution in [3.63, 3.8) is 0 Å². The molecule has 0 fully saturated rings. The zero-order chi connectivity index (χ0) is 19.9. The number of thioether (sulfide) groups is 1. The van der Waals surface area contributed by atoms with Gasteiger partial charge in [0, 0.05) is 19.2 Å². The van der Waals surface area contributed by atoms with Gasteiger partial charge in [0.15, 0.2) is 10.1 Å². The second-order valence-corrected chi connectivity index (χ2v) is 8.76. The van der Waals surface area contributed by atoms with E-state index >= 15 is 0 Å². The van der Waals surface area contributed by atoms with Crippen molar-refractivity contribution in [3.8, 4) is 0 Å². The highest BCUT2D eigenvalue weighted by molar-refractivity contribution is 8.02. The van der Waals surface area contributed by atoms with Gasteiger partial charge < -0.3 is 10.1 Å². The van der Waals surface area contributed by atoms with Crippen molar-refractivity contribution in [1.29, 1.82) is 0 Å². The molecule has 1 heterocycles. The molecule has 0 aliphatic rings. The molecule has 0 unspecified atom stereocenters. The average molecular weight is 414 g/mol. The fourth-order valence-corrected chi connectivity index (χ4v) is 4.62. The molecular weight excluding hydrogens is 390 g/mol. The summed E-state index contributed by atoms with van der Waals surface area (Å²) in [6.45, 7) is 5.32. The topological polar surface area (TPSA) is 64.1 Å². The van der Waals surface area contributed by atoms with Gasteiger partial charge in [-0.3, -0.25) is 4.79 Å². The van der Waals surface area contributed by atoms with Crippen LogP contribution in [-0.2, 0) is 4.74 Å². The summed E-state index contributed by atoms with van der Waals surface area (Å²) in [6, 6.07) is 15.8. The van der Waals surface area contributed by atoms with E-state index in [9.17, 15) is 4.79 Å². The van der Waals surface area contributed by atoms with Crippen LogP contribution in [0.25, 0.3) is 0 Å². The number of anilines is 1. The smallest absolute Gasteiger partial charge is 0.206 e. The molecule has 3 aromatic rings. The molecule has 5 nitrogen and oxygen atoms in total. The Bertz CT molecular complexity index is 908. The first-order valence-electron chi connectivity index (χ1n) is 8.97. The second kappa shape index (κ2) is 9.82. The number of hydrogen-bond donors (Lipinski definition) is 1. The molecule has 0 bridgehead atoms. The number of carbonyl (C=O) groups excluding carboxylic acids is 1. The molecule has 146 valence electrons. The van der Waals surface area contributed by atoms with Crippen LogP contribution < -0.4 is 5.32 Å². The highest BCUT2D eigenvalue weighted by atomic mass is 32.2. The van der Waals surface area contributed by atoms with E-state index in [-0.39, 0.29) is 11.0 Å². The van der Waals surface area contributed by atoms with Crippen LogP contribution in [0, 0.1) is 13.8 Å². The number of Topliss-reactive ketones (excluding diaryl/α,β-unsaturated/α-hetero) is 1.